The largest absolute Gasteiger partial charge is 0.207 e. The monoisotopic (exact) mass is 550 g/mol. The average molecular weight is 551 g/mol. The molecule has 0 heterocycles. The van der Waals surface area contributed by atoms with Crippen LogP contribution in [0.4, 0.5) is 4.39 Å². The van der Waals surface area contributed by atoms with E-state index in [1.807, 2.05) is 12.1 Å². The van der Waals surface area contributed by atoms with E-state index in [0.29, 0.717) is 18.3 Å². The Morgan fingerprint density at radius 1 is 0.619 bits per heavy atom. The Morgan fingerprint density at radius 3 is 2.07 bits per heavy atom. The topological polar surface area (TPSA) is 0 Å². The Bertz CT molecular complexity index is 1800. The van der Waals surface area contributed by atoms with Crippen LogP contribution in [0, 0.1) is 32.5 Å². The number of allylic oxidation sites excluding steroid dienone is 2. The number of fused-ring (bicyclic) bond motifs is 1. The molecule has 1 heteroatoms. The van der Waals surface area contributed by atoms with E-state index in [1.165, 1.54) is 61.2 Å². The zero-order valence-electron chi connectivity index (χ0n) is 25.3. The van der Waals surface area contributed by atoms with Crippen LogP contribution in [0.15, 0.2) is 109 Å². The molecule has 42 heavy (non-hydrogen) atoms. The zero-order chi connectivity index (χ0) is 29.4. The van der Waals surface area contributed by atoms with E-state index in [-0.39, 0.29) is 5.82 Å². The van der Waals surface area contributed by atoms with Gasteiger partial charge in [-0.15, -0.1) is 0 Å². The van der Waals surface area contributed by atoms with Gasteiger partial charge < -0.3 is 0 Å². The van der Waals surface area contributed by atoms with E-state index >= 15 is 0 Å². The van der Waals surface area contributed by atoms with Crippen molar-refractivity contribution in [3.05, 3.63) is 165 Å². The van der Waals surface area contributed by atoms with Crippen molar-refractivity contribution < 1.29 is 4.39 Å². The van der Waals surface area contributed by atoms with Crippen molar-refractivity contribution in [2.24, 2.45) is 5.92 Å². The molecule has 0 radical (unpaired) electrons. The Balaban J connectivity index is 1.34. The average Bonchev–Trinajstić information content (AvgIpc) is 3.28. The van der Waals surface area contributed by atoms with Crippen molar-refractivity contribution in [3.8, 4) is 11.1 Å². The number of rotatable bonds is 7. The van der Waals surface area contributed by atoms with Gasteiger partial charge in [0.2, 0.25) is 0 Å². The first kappa shape index (κ1) is 27.9. The molecule has 0 nitrogen and oxygen atoms in total. The van der Waals surface area contributed by atoms with E-state index in [0.717, 1.165) is 17.5 Å². The second-order valence-electron chi connectivity index (χ2n) is 12.2. The third-order valence-corrected chi connectivity index (χ3v) is 9.16. The first-order valence-electron chi connectivity index (χ1n) is 15.1. The van der Waals surface area contributed by atoms with Crippen LogP contribution in [-0.2, 0) is 12.8 Å². The zero-order valence-corrected chi connectivity index (χ0v) is 25.3. The highest BCUT2D eigenvalue weighted by atomic mass is 19.1. The van der Waals surface area contributed by atoms with Crippen molar-refractivity contribution in [2.45, 2.75) is 53.4 Å². The first-order valence-corrected chi connectivity index (χ1v) is 15.1. The normalized spacial score (nSPS) is 15.1. The van der Waals surface area contributed by atoms with Crippen molar-refractivity contribution in [2.75, 3.05) is 0 Å². The summed E-state index contributed by atoms with van der Waals surface area (Å²) in [5.41, 5.74) is 16.8. The molecule has 0 aromatic heterocycles. The van der Waals surface area contributed by atoms with E-state index in [1.54, 1.807) is 12.1 Å². The maximum absolute atomic E-state index is 14.3. The van der Waals surface area contributed by atoms with Gasteiger partial charge in [0.25, 0.3) is 0 Å². The van der Waals surface area contributed by atoms with Gasteiger partial charge in [-0.1, -0.05) is 116 Å². The summed E-state index contributed by atoms with van der Waals surface area (Å²) in [6.45, 7) is 11.3. The lowest BCUT2D eigenvalue weighted by molar-refractivity contribution is 0.535. The van der Waals surface area contributed by atoms with Crippen LogP contribution in [0.2, 0.25) is 0 Å². The van der Waals surface area contributed by atoms with Gasteiger partial charge in [-0.25, -0.2) is 4.39 Å². The summed E-state index contributed by atoms with van der Waals surface area (Å²) in [5.74, 6) is 0.593. The van der Waals surface area contributed by atoms with Crippen LogP contribution in [0.1, 0.15) is 69.8 Å². The Labute approximate surface area is 250 Å². The molecule has 0 aliphatic heterocycles. The van der Waals surface area contributed by atoms with Gasteiger partial charge in [0.05, 0.1) is 0 Å². The molecular weight excluding hydrogens is 511 g/mol. The molecule has 0 N–H and O–H groups in total. The lowest BCUT2D eigenvalue weighted by atomic mass is 9.77. The molecule has 5 aromatic rings. The van der Waals surface area contributed by atoms with E-state index in [9.17, 15) is 4.39 Å². The van der Waals surface area contributed by atoms with E-state index < -0.39 is 0 Å². The molecule has 5 aromatic carbocycles. The minimum absolute atomic E-state index is 0.142. The quantitative estimate of drug-likeness (QED) is 0.189. The SMILES string of the molecule is CC1=C(c2cc(C)ccc2C)C(C(C)Cc2ccccc2-c2ccc(Cc3ccccc3F)cc2C)c2ccccc21. The summed E-state index contributed by atoms with van der Waals surface area (Å²) in [6, 6.07) is 38.4. The summed E-state index contributed by atoms with van der Waals surface area (Å²) >= 11 is 0. The maximum atomic E-state index is 14.3. The molecule has 2 unspecified atom stereocenters. The minimum Gasteiger partial charge on any atom is -0.207 e. The van der Waals surface area contributed by atoms with Gasteiger partial charge in [-0.05, 0) is 113 Å². The van der Waals surface area contributed by atoms with Crippen LogP contribution in [-0.4, -0.2) is 0 Å². The van der Waals surface area contributed by atoms with Crippen LogP contribution in [0.5, 0.6) is 0 Å². The third-order valence-electron chi connectivity index (χ3n) is 9.16. The second kappa shape index (κ2) is 11.6. The number of aryl methyl sites for hydroxylation is 3. The van der Waals surface area contributed by atoms with Gasteiger partial charge in [0.15, 0.2) is 0 Å². The van der Waals surface area contributed by atoms with E-state index in [4.69, 9.17) is 0 Å². The highest BCUT2D eigenvalue weighted by molar-refractivity contribution is 5.99. The van der Waals surface area contributed by atoms with Gasteiger partial charge in [0.1, 0.15) is 5.82 Å². The number of hydrogen-bond donors (Lipinski definition) is 0. The summed E-state index contributed by atoms with van der Waals surface area (Å²) < 4.78 is 14.3. The summed E-state index contributed by atoms with van der Waals surface area (Å²) in [6.07, 6.45) is 1.58. The third kappa shape index (κ3) is 5.25. The second-order valence-corrected chi connectivity index (χ2v) is 12.2. The molecular formula is C41H39F. The molecule has 6 rings (SSSR count). The molecule has 0 bridgehead atoms. The molecule has 210 valence electrons. The fourth-order valence-electron chi connectivity index (χ4n) is 7.06. The fraction of sp³-hybridized carbons (Fsp3) is 0.220. The highest BCUT2D eigenvalue weighted by Crippen LogP contribution is 2.51. The van der Waals surface area contributed by atoms with Crippen LogP contribution < -0.4 is 0 Å². The molecule has 0 amide bonds. The highest BCUT2D eigenvalue weighted by Gasteiger charge is 2.34. The molecule has 1 aliphatic carbocycles. The molecule has 2 atom stereocenters. The Morgan fingerprint density at radius 2 is 1.31 bits per heavy atom. The summed E-state index contributed by atoms with van der Waals surface area (Å²) in [7, 11) is 0. The Kier molecular flexibility index (Phi) is 7.69. The number of benzene rings is 5. The molecule has 0 spiro atoms. The standard InChI is InChI=1S/C41H39F/c1-26-18-19-27(2)38(22-26)41-30(5)35-14-9-10-16-37(35)40(41)29(4)24-32-12-6-8-15-36(32)34-21-20-31(23-28(34)3)25-33-13-7-11-17-39(33)42/h6-23,29,40H,24-25H2,1-5H3. The van der Waals surface area contributed by atoms with Crippen LogP contribution in [0.3, 0.4) is 0 Å². The van der Waals surface area contributed by atoms with Crippen molar-refractivity contribution in [3.63, 3.8) is 0 Å². The fourth-order valence-corrected chi connectivity index (χ4v) is 7.06. The Hall–Kier alpha value is -4.23. The lowest BCUT2D eigenvalue weighted by Gasteiger charge is -2.27. The minimum atomic E-state index is -0.142. The smallest absolute Gasteiger partial charge is 0.126 e. The van der Waals surface area contributed by atoms with Gasteiger partial charge >= 0.3 is 0 Å². The predicted octanol–water partition coefficient (Wildman–Crippen LogP) is 10.9. The van der Waals surface area contributed by atoms with Gasteiger partial charge in [-0.2, -0.15) is 0 Å². The van der Waals surface area contributed by atoms with Crippen LogP contribution in [0.25, 0.3) is 22.3 Å². The van der Waals surface area contributed by atoms with Crippen molar-refractivity contribution in [1.29, 1.82) is 0 Å². The van der Waals surface area contributed by atoms with Crippen LogP contribution >= 0.6 is 0 Å². The maximum Gasteiger partial charge on any atom is 0.126 e. The summed E-state index contributed by atoms with van der Waals surface area (Å²) in [4.78, 5) is 0. The number of hydrogen-bond acceptors (Lipinski definition) is 0. The number of halogens is 1. The predicted molar refractivity (Wildman–Crippen MR) is 176 cm³/mol. The van der Waals surface area contributed by atoms with Gasteiger partial charge in [0, 0.05) is 12.3 Å². The van der Waals surface area contributed by atoms with Crippen molar-refractivity contribution >= 4 is 11.1 Å². The summed E-state index contributed by atoms with van der Waals surface area (Å²) in [5, 5.41) is 0. The van der Waals surface area contributed by atoms with Crippen molar-refractivity contribution in [1.82, 2.24) is 0 Å². The van der Waals surface area contributed by atoms with Gasteiger partial charge in [-0.3, -0.25) is 0 Å². The molecule has 0 saturated carbocycles. The van der Waals surface area contributed by atoms with E-state index in [2.05, 4.69) is 120 Å². The molecule has 0 fully saturated rings. The first-order chi connectivity index (χ1) is 20.3. The molecule has 1 aliphatic rings. The molecule has 0 saturated heterocycles. The lowest BCUT2D eigenvalue weighted by Crippen LogP contribution is -2.14.